The molecule has 0 saturated heterocycles. The molecule has 0 aliphatic carbocycles. The topological polar surface area (TPSA) is 72.5 Å². The van der Waals surface area contributed by atoms with Gasteiger partial charge in [-0.05, 0) is 73.7 Å². The minimum absolute atomic E-state index is 0.192. The van der Waals surface area contributed by atoms with E-state index in [9.17, 15) is 4.79 Å². The van der Waals surface area contributed by atoms with Gasteiger partial charge in [0, 0.05) is 18.4 Å². The van der Waals surface area contributed by atoms with Gasteiger partial charge < -0.3 is 20.1 Å². The first-order valence-electron chi connectivity index (χ1n) is 11.5. The maximum atomic E-state index is 12.9. The molecular formula is C27H33N3O3. The molecular weight excluding hydrogens is 414 g/mol. The normalized spacial score (nSPS) is 10.7. The largest absolute Gasteiger partial charge is 0.490 e. The fourth-order valence-electron chi connectivity index (χ4n) is 3.46. The molecule has 0 saturated carbocycles. The lowest BCUT2D eigenvalue weighted by Crippen LogP contribution is -2.16. The molecule has 0 spiro atoms. The molecule has 6 nitrogen and oxygen atoms in total. The van der Waals surface area contributed by atoms with Crippen LogP contribution in [0.4, 0.5) is 11.5 Å². The summed E-state index contributed by atoms with van der Waals surface area (Å²) in [5, 5.41) is 6.26. The monoisotopic (exact) mass is 447 g/mol. The second kappa shape index (κ2) is 11.9. The molecule has 0 radical (unpaired) electrons. The maximum Gasteiger partial charge on any atom is 0.259 e. The molecule has 1 amide bonds. The van der Waals surface area contributed by atoms with Crippen molar-refractivity contribution in [3.63, 3.8) is 0 Å². The van der Waals surface area contributed by atoms with E-state index in [-0.39, 0.29) is 5.91 Å². The maximum absolute atomic E-state index is 12.9. The van der Waals surface area contributed by atoms with E-state index >= 15 is 0 Å². The third-order valence-corrected chi connectivity index (χ3v) is 5.20. The average Bonchev–Trinajstić information content (AvgIpc) is 2.81. The summed E-state index contributed by atoms with van der Waals surface area (Å²) >= 11 is 0. The van der Waals surface area contributed by atoms with Crippen molar-refractivity contribution >= 4 is 17.4 Å². The van der Waals surface area contributed by atoms with Crippen LogP contribution >= 0.6 is 0 Å². The van der Waals surface area contributed by atoms with Crippen LogP contribution in [0.3, 0.4) is 0 Å². The van der Waals surface area contributed by atoms with E-state index in [1.165, 1.54) is 5.56 Å². The highest BCUT2D eigenvalue weighted by Gasteiger charge is 2.13. The number of carbonyl (C=O) groups is 1. The number of carbonyl (C=O) groups excluding carboxylic acids is 1. The fraction of sp³-hybridized carbons (Fsp3) is 0.333. The standard InChI is InChI=1S/C27H33N3O3/c1-5-32-24-14-9-20(18-25(24)33-6-2)15-17-29-26-23(8-7-16-28-26)27(31)30-22-12-10-21(11-13-22)19(3)4/h7-14,16,18-19H,5-6,15,17H2,1-4H3,(H,28,29)(H,30,31). The zero-order chi connectivity index (χ0) is 23.6. The van der Waals surface area contributed by atoms with E-state index in [4.69, 9.17) is 9.47 Å². The Morgan fingerprint density at radius 1 is 0.970 bits per heavy atom. The number of aromatic nitrogens is 1. The zero-order valence-electron chi connectivity index (χ0n) is 19.9. The molecule has 174 valence electrons. The fourth-order valence-corrected chi connectivity index (χ4v) is 3.46. The van der Waals surface area contributed by atoms with Crippen molar-refractivity contribution < 1.29 is 14.3 Å². The number of amides is 1. The van der Waals surface area contributed by atoms with Crippen LogP contribution in [-0.2, 0) is 6.42 Å². The molecule has 0 aliphatic rings. The Kier molecular flexibility index (Phi) is 8.70. The number of ether oxygens (including phenoxy) is 2. The van der Waals surface area contributed by atoms with Crippen molar-refractivity contribution in [2.75, 3.05) is 30.4 Å². The number of hydrogen-bond acceptors (Lipinski definition) is 5. The van der Waals surface area contributed by atoms with Gasteiger partial charge in [0.15, 0.2) is 11.5 Å². The summed E-state index contributed by atoms with van der Waals surface area (Å²) in [6, 6.07) is 17.4. The van der Waals surface area contributed by atoms with Crippen LogP contribution in [0, 0.1) is 0 Å². The number of rotatable bonds is 11. The summed E-state index contributed by atoms with van der Waals surface area (Å²) < 4.78 is 11.3. The third kappa shape index (κ3) is 6.72. The molecule has 2 aromatic carbocycles. The molecule has 1 heterocycles. The van der Waals surface area contributed by atoms with E-state index in [0.29, 0.717) is 37.1 Å². The lowest BCUT2D eigenvalue weighted by molar-refractivity contribution is 0.102. The van der Waals surface area contributed by atoms with Gasteiger partial charge >= 0.3 is 0 Å². The molecule has 33 heavy (non-hydrogen) atoms. The molecule has 0 atom stereocenters. The van der Waals surface area contributed by atoms with E-state index in [2.05, 4.69) is 29.5 Å². The number of nitrogens with one attached hydrogen (secondary N) is 2. The van der Waals surface area contributed by atoms with E-state index in [1.54, 1.807) is 18.3 Å². The molecule has 2 N–H and O–H groups in total. The minimum Gasteiger partial charge on any atom is -0.490 e. The van der Waals surface area contributed by atoms with Crippen LogP contribution < -0.4 is 20.1 Å². The van der Waals surface area contributed by atoms with Gasteiger partial charge in [0.2, 0.25) is 0 Å². The summed E-state index contributed by atoms with van der Waals surface area (Å²) in [4.78, 5) is 17.3. The Balaban J connectivity index is 1.63. The van der Waals surface area contributed by atoms with Crippen molar-refractivity contribution in [3.8, 4) is 11.5 Å². The highest BCUT2D eigenvalue weighted by atomic mass is 16.5. The lowest BCUT2D eigenvalue weighted by atomic mass is 10.0. The second-order valence-electron chi connectivity index (χ2n) is 7.95. The number of anilines is 2. The van der Waals surface area contributed by atoms with Gasteiger partial charge in [0.05, 0.1) is 18.8 Å². The Morgan fingerprint density at radius 2 is 1.70 bits per heavy atom. The Labute approximate surface area is 196 Å². The Bertz CT molecular complexity index is 1050. The van der Waals surface area contributed by atoms with Gasteiger partial charge in [0.1, 0.15) is 5.82 Å². The number of benzene rings is 2. The van der Waals surface area contributed by atoms with Gasteiger partial charge in [-0.25, -0.2) is 4.98 Å². The number of nitrogens with zero attached hydrogens (tertiary/aromatic N) is 1. The first kappa shape index (κ1) is 24.1. The van der Waals surface area contributed by atoms with Crippen molar-refractivity contribution in [2.24, 2.45) is 0 Å². The van der Waals surface area contributed by atoms with E-state index in [1.807, 2.05) is 56.3 Å². The minimum atomic E-state index is -0.192. The lowest BCUT2D eigenvalue weighted by Gasteiger charge is -2.14. The van der Waals surface area contributed by atoms with E-state index in [0.717, 1.165) is 29.2 Å². The van der Waals surface area contributed by atoms with Crippen molar-refractivity contribution in [3.05, 3.63) is 77.5 Å². The third-order valence-electron chi connectivity index (χ3n) is 5.20. The highest BCUT2D eigenvalue weighted by molar-refractivity contribution is 6.07. The van der Waals surface area contributed by atoms with Crippen molar-refractivity contribution in [2.45, 2.75) is 40.0 Å². The van der Waals surface area contributed by atoms with Crippen molar-refractivity contribution in [1.82, 2.24) is 4.98 Å². The molecule has 0 aliphatic heterocycles. The van der Waals surface area contributed by atoms with Crippen LogP contribution in [0.5, 0.6) is 11.5 Å². The predicted molar refractivity (Wildman–Crippen MR) is 134 cm³/mol. The molecule has 1 aromatic heterocycles. The van der Waals surface area contributed by atoms with Crippen LogP contribution in [-0.4, -0.2) is 30.6 Å². The zero-order valence-corrected chi connectivity index (χ0v) is 19.9. The van der Waals surface area contributed by atoms with Crippen molar-refractivity contribution in [1.29, 1.82) is 0 Å². The van der Waals surface area contributed by atoms with Gasteiger partial charge in [0.25, 0.3) is 5.91 Å². The Hall–Kier alpha value is -3.54. The molecule has 0 fully saturated rings. The number of hydrogen-bond donors (Lipinski definition) is 2. The van der Waals surface area contributed by atoms with Crippen LogP contribution in [0.1, 0.15) is 55.1 Å². The Morgan fingerprint density at radius 3 is 2.39 bits per heavy atom. The molecule has 3 aromatic rings. The van der Waals surface area contributed by atoms with Gasteiger partial charge in [-0.1, -0.05) is 32.0 Å². The van der Waals surface area contributed by atoms with Crippen LogP contribution in [0.15, 0.2) is 60.8 Å². The van der Waals surface area contributed by atoms with Gasteiger partial charge in [-0.2, -0.15) is 0 Å². The quantitative estimate of drug-likeness (QED) is 0.382. The molecule has 6 heteroatoms. The smallest absolute Gasteiger partial charge is 0.259 e. The van der Waals surface area contributed by atoms with Gasteiger partial charge in [-0.3, -0.25) is 4.79 Å². The molecule has 0 unspecified atom stereocenters. The summed E-state index contributed by atoms with van der Waals surface area (Å²) in [6.07, 6.45) is 2.43. The highest BCUT2D eigenvalue weighted by Crippen LogP contribution is 2.29. The first-order valence-corrected chi connectivity index (χ1v) is 11.5. The number of pyridine rings is 1. The summed E-state index contributed by atoms with van der Waals surface area (Å²) in [5.41, 5.74) is 3.62. The predicted octanol–water partition coefficient (Wildman–Crippen LogP) is 5.91. The van der Waals surface area contributed by atoms with E-state index < -0.39 is 0 Å². The first-order chi connectivity index (χ1) is 16.0. The molecule has 0 bridgehead atoms. The second-order valence-corrected chi connectivity index (χ2v) is 7.95. The van der Waals surface area contributed by atoms with Crippen LogP contribution in [0.25, 0.3) is 0 Å². The average molecular weight is 448 g/mol. The summed E-state index contributed by atoms with van der Waals surface area (Å²) in [6.45, 7) is 9.99. The van der Waals surface area contributed by atoms with Crippen LogP contribution in [0.2, 0.25) is 0 Å². The summed E-state index contributed by atoms with van der Waals surface area (Å²) in [7, 11) is 0. The SMILES string of the molecule is CCOc1ccc(CCNc2ncccc2C(=O)Nc2ccc(C(C)C)cc2)cc1OCC. The summed E-state index contributed by atoms with van der Waals surface area (Å²) in [5.74, 6) is 2.32. The van der Waals surface area contributed by atoms with Gasteiger partial charge in [-0.15, -0.1) is 0 Å². The molecule has 3 rings (SSSR count).